The lowest BCUT2D eigenvalue weighted by Crippen LogP contribution is -3.12. The molecule has 1 aliphatic heterocycles. The van der Waals surface area contributed by atoms with Gasteiger partial charge in [-0.1, -0.05) is 23.1 Å². The zero-order valence-electron chi connectivity index (χ0n) is 12.6. The summed E-state index contributed by atoms with van der Waals surface area (Å²) in [5.41, 5.74) is 0.684. The van der Waals surface area contributed by atoms with E-state index in [-0.39, 0.29) is 5.56 Å². The lowest BCUT2D eigenvalue weighted by Gasteiger charge is -2.30. The molecule has 2 aromatic heterocycles. The molecule has 118 valence electrons. The highest BCUT2D eigenvalue weighted by molar-refractivity contribution is 8.00. The highest BCUT2D eigenvalue weighted by atomic mass is 32.2. The molecule has 7 nitrogen and oxygen atoms in total. The number of H-pyrrole nitrogens is 1. The van der Waals surface area contributed by atoms with Gasteiger partial charge in [0.25, 0.3) is 5.56 Å². The van der Waals surface area contributed by atoms with Gasteiger partial charge in [0.2, 0.25) is 5.95 Å². The predicted octanol–water partition coefficient (Wildman–Crippen LogP) is -0.443. The van der Waals surface area contributed by atoms with E-state index in [9.17, 15) is 4.79 Å². The number of aromatic nitrogens is 4. The molecular weight excluding hydrogens is 320 g/mol. The number of likely N-dealkylation sites (N-methyl/N-ethyl adjacent to an activating group) is 1. The summed E-state index contributed by atoms with van der Waals surface area (Å²) in [5.74, 6) is 1.31. The Kier molecular flexibility index (Phi) is 4.74. The fourth-order valence-electron chi connectivity index (χ4n) is 2.29. The molecule has 0 bridgehead atoms. The van der Waals surface area contributed by atoms with Gasteiger partial charge in [-0.05, 0) is 6.92 Å². The maximum absolute atomic E-state index is 11.9. The molecule has 1 aliphatic rings. The topological polar surface area (TPSA) is 79.2 Å². The van der Waals surface area contributed by atoms with Gasteiger partial charge in [-0.3, -0.25) is 9.78 Å². The third-order valence-electron chi connectivity index (χ3n) is 3.55. The predicted molar refractivity (Wildman–Crippen MR) is 87.9 cm³/mol. The Bertz CT molecular complexity index is 692. The van der Waals surface area contributed by atoms with Gasteiger partial charge >= 0.3 is 0 Å². The zero-order valence-corrected chi connectivity index (χ0v) is 14.3. The number of nitrogens with zero attached hydrogens (tertiary/aromatic N) is 4. The first kappa shape index (κ1) is 15.4. The number of anilines is 1. The SMILES string of the molecule is Cc1nnc(SCc2cc(=O)[nH]c(N3CC[NH+](C)CC3)n2)s1. The van der Waals surface area contributed by atoms with Gasteiger partial charge < -0.3 is 9.80 Å². The van der Waals surface area contributed by atoms with Gasteiger partial charge in [-0.2, -0.15) is 0 Å². The van der Waals surface area contributed by atoms with Crippen LogP contribution in [0.15, 0.2) is 15.2 Å². The molecule has 9 heteroatoms. The second-order valence-electron chi connectivity index (χ2n) is 5.38. The summed E-state index contributed by atoms with van der Waals surface area (Å²) in [6.45, 7) is 5.89. The van der Waals surface area contributed by atoms with Crippen LogP contribution in [0.5, 0.6) is 0 Å². The summed E-state index contributed by atoms with van der Waals surface area (Å²) in [6, 6.07) is 1.56. The lowest BCUT2D eigenvalue weighted by atomic mass is 10.3. The Morgan fingerprint density at radius 1 is 1.41 bits per heavy atom. The Morgan fingerprint density at radius 2 is 2.18 bits per heavy atom. The van der Waals surface area contributed by atoms with Crippen molar-refractivity contribution in [2.75, 3.05) is 38.1 Å². The summed E-state index contributed by atoms with van der Waals surface area (Å²) < 4.78 is 0.907. The van der Waals surface area contributed by atoms with Crippen LogP contribution in [0.25, 0.3) is 0 Å². The number of hydrogen-bond donors (Lipinski definition) is 2. The number of thioether (sulfide) groups is 1. The van der Waals surface area contributed by atoms with Crippen molar-refractivity contribution in [2.24, 2.45) is 0 Å². The van der Waals surface area contributed by atoms with Gasteiger partial charge in [0.1, 0.15) is 5.01 Å². The van der Waals surface area contributed by atoms with Crippen molar-refractivity contribution in [1.29, 1.82) is 0 Å². The van der Waals surface area contributed by atoms with Crippen LogP contribution in [0.2, 0.25) is 0 Å². The van der Waals surface area contributed by atoms with Crippen LogP contribution in [-0.4, -0.2) is 53.4 Å². The van der Waals surface area contributed by atoms with E-state index in [2.05, 4.69) is 32.1 Å². The van der Waals surface area contributed by atoms with E-state index in [0.717, 1.165) is 41.2 Å². The van der Waals surface area contributed by atoms with Crippen molar-refractivity contribution < 1.29 is 4.90 Å². The van der Waals surface area contributed by atoms with Gasteiger partial charge in [0, 0.05) is 11.8 Å². The van der Waals surface area contributed by atoms with Crippen LogP contribution in [-0.2, 0) is 5.75 Å². The molecule has 1 saturated heterocycles. The zero-order chi connectivity index (χ0) is 15.5. The van der Waals surface area contributed by atoms with Crippen molar-refractivity contribution >= 4 is 29.0 Å². The Labute approximate surface area is 136 Å². The third-order valence-corrected chi connectivity index (χ3v) is 5.56. The summed E-state index contributed by atoms with van der Waals surface area (Å²) in [7, 11) is 2.19. The van der Waals surface area contributed by atoms with E-state index < -0.39 is 0 Å². The highest BCUT2D eigenvalue weighted by Gasteiger charge is 2.19. The molecule has 0 amide bonds. The number of aromatic amines is 1. The Hall–Kier alpha value is -1.45. The van der Waals surface area contributed by atoms with E-state index in [1.807, 2.05) is 6.92 Å². The van der Waals surface area contributed by atoms with Crippen molar-refractivity contribution in [1.82, 2.24) is 20.2 Å². The number of rotatable bonds is 4. The number of hydrogen-bond acceptors (Lipinski definition) is 7. The second-order valence-corrected chi connectivity index (χ2v) is 7.78. The van der Waals surface area contributed by atoms with E-state index in [1.165, 1.54) is 4.90 Å². The Morgan fingerprint density at radius 3 is 2.86 bits per heavy atom. The van der Waals surface area contributed by atoms with E-state index >= 15 is 0 Å². The van der Waals surface area contributed by atoms with Crippen molar-refractivity contribution in [3.05, 3.63) is 27.1 Å². The number of quaternary nitrogens is 1. The third kappa shape index (κ3) is 3.84. The molecule has 3 heterocycles. The normalized spacial score (nSPS) is 16.2. The maximum atomic E-state index is 11.9. The van der Waals surface area contributed by atoms with Crippen molar-refractivity contribution in [3.63, 3.8) is 0 Å². The van der Waals surface area contributed by atoms with Gasteiger partial charge in [-0.25, -0.2) is 4.98 Å². The standard InChI is InChI=1S/C13H18N6OS2/c1-9-16-17-13(22-9)21-8-10-7-11(20)15-12(14-10)19-5-3-18(2)4-6-19/h7H,3-6,8H2,1-2H3,(H,14,15,20)/p+1. The number of piperazine rings is 1. The second kappa shape index (κ2) is 6.76. The molecule has 2 aromatic rings. The molecule has 0 spiro atoms. The number of aryl methyl sites for hydroxylation is 1. The van der Waals surface area contributed by atoms with Crippen LogP contribution in [0, 0.1) is 6.92 Å². The monoisotopic (exact) mass is 339 g/mol. The molecule has 3 rings (SSSR count). The van der Waals surface area contributed by atoms with Crippen LogP contribution >= 0.6 is 23.1 Å². The maximum Gasteiger partial charge on any atom is 0.252 e. The van der Waals surface area contributed by atoms with Crippen LogP contribution < -0.4 is 15.4 Å². The average Bonchev–Trinajstić information content (AvgIpc) is 2.91. The van der Waals surface area contributed by atoms with Gasteiger partial charge in [0.15, 0.2) is 4.34 Å². The van der Waals surface area contributed by atoms with Crippen LogP contribution in [0.4, 0.5) is 5.95 Å². The minimum Gasteiger partial charge on any atom is -0.334 e. The molecule has 0 aromatic carbocycles. The number of nitrogens with one attached hydrogen (secondary N) is 2. The molecule has 0 atom stereocenters. The summed E-state index contributed by atoms with van der Waals surface area (Å²) in [4.78, 5) is 23.0. The van der Waals surface area contributed by atoms with Crippen molar-refractivity contribution in [2.45, 2.75) is 17.0 Å². The smallest absolute Gasteiger partial charge is 0.252 e. The van der Waals surface area contributed by atoms with Gasteiger partial charge in [0.05, 0.1) is 38.9 Å². The largest absolute Gasteiger partial charge is 0.334 e. The van der Waals surface area contributed by atoms with Crippen LogP contribution in [0.1, 0.15) is 10.7 Å². The minimum atomic E-state index is -0.0969. The van der Waals surface area contributed by atoms with Crippen LogP contribution in [0.3, 0.4) is 0 Å². The molecule has 0 radical (unpaired) electrons. The van der Waals surface area contributed by atoms with Gasteiger partial charge in [-0.15, -0.1) is 10.2 Å². The first-order valence-electron chi connectivity index (χ1n) is 7.19. The first-order valence-corrected chi connectivity index (χ1v) is 9.00. The van der Waals surface area contributed by atoms with E-state index in [4.69, 9.17) is 0 Å². The first-order chi connectivity index (χ1) is 10.6. The molecular formula is C13H19N6OS2+. The average molecular weight is 339 g/mol. The fraction of sp³-hybridized carbons (Fsp3) is 0.538. The van der Waals surface area contributed by atoms with E-state index in [0.29, 0.717) is 11.7 Å². The molecule has 0 aliphatic carbocycles. The fourth-order valence-corrected chi connectivity index (χ4v) is 4.00. The van der Waals surface area contributed by atoms with Crippen molar-refractivity contribution in [3.8, 4) is 0 Å². The quantitative estimate of drug-likeness (QED) is 0.735. The molecule has 22 heavy (non-hydrogen) atoms. The molecule has 0 saturated carbocycles. The Balaban J connectivity index is 1.71. The molecule has 0 unspecified atom stereocenters. The lowest BCUT2D eigenvalue weighted by molar-refractivity contribution is -0.880. The molecule has 1 fully saturated rings. The minimum absolute atomic E-state index is 0.0969. The summed E-state index contributed by atoms with van der Waals surface area (Å²) in [6.07, 6.45) is 0. The highest BCUT2D eigenvalue weighted by Crippen LogP contribution is 2.24. The summed E-state index contributed by atoms with van der Waals surface area (Å²) >= 11 is 3.12. The van der Waals surface area contributed by atoms with E-state index in [1.54, 1.807) is 29.2 Å². The summed E-state index contributed by atoms with van der Waals surface area (Å²) in [5, 5.41) is 9.02. The molecule has 2 N–H and O–H groups in total.